The quantitative estimate of drug-likeness (QED) is 0.797. The molecule has 0 unspecified atom stereocenters. The summed E-state index contributed by atoms with van der Waals surface area (Å²) in [6, 6.07) is 11.7. The van der Waals surface area contributed by atoms with Crippen LogP contribution in [0.15, 0.2) is 42.6 Å². The molecule has 1 aliphatic rings. The van der Waals surface area contributed by atoms with E-state index in [4.69, 9.17) is 4.74 Å². The monoisotopic (exact) mass is 354 g/mol. The fourth-order valence-corrected chi connectivity index (χ4v) is 2.94. The minimum absolute atomic E-state index is 0.0925. The van der Waals surface area contributed by atoms with E-state index >= 15 is 0 Å². The molecule has 1 fully saturated rings. The van der Waals surface area contributed by atoms with Crippen molar-refractivity contribution >= 4 is 11.7 Å². The van der Waals surface area contributed by atoms with E-state index in [1.807, 2.05) is 25.1 Å². The lowest BCUT2D eigenvalue weighted by molar-refractivity contribution is 0.0398. The van der Waals surface area contributed by atoms with E-state index in [2.05, 4.69) is 26.6 Å². The number of ether oxygens (including phenoxy) is 1. The maximum atomic E-state index is 12.4. The number of pyridine rings is 1. The van der Waals surface area contributed by atoms with Crippen LogP contribution in [-0.4, -0.2) is 55.2 Å². The first-order valence-corrected chi connectivity index (χ1v) is 9.04. The molecule has 0 aliphatic carbocycles. The molecule has 1 aromatic carbocycles. The van der Waals surface area contributed by atoms with Gasteiger partial charge in [-0.2, -0.15) is 0 Å². The molecule has 1 aromatic heterocycles. The Labute approximate surface area is 154 Å². The first-order chi connectivity index (χ1) is 12.7. The van der Waals surface area contributed by atoms with Gasteiger partial charge in [0, 0.05) is 44.5 Å². The summed E-state index contributed by atoms with van der Waals surface area (Å²) in [6.45, 7) is 7.83. The smallest absolute Gasteiger partial charge is 0.251 e. The van der Waals surface area contributed by atoms with Crippen molar-refractivity contribution in [1.82, 2.24) is 15.2 Å². The first kappa shape index (κ1) is 18.4. The van der Waals surface area contributed by atoms with Crippen LogP contribution < -0.4 is 10.6 Å². The van der Waals surface area contributed by atoms with Crippen LogP contribution in [0.2, 0.25) is 0 Å². The molecule has 0 saturated carbocycles. The number of rotatable bonds is 7. The Balaban J connectivity index is 1.48. The number of anilines is 1. The third-order valence-electron chi connectivity index (χ3n) is 4.40. The van der Waals surface area contributed by atoms with Gasteiger partial charge in [0.2, 0.25) is 0 Å². The van der Waals surface area contributed by atoms with Gasteiger partial charge in [-0.25, -0.2) is 4.98 Å². The highest BCUT2D eigenvalue weighted by Crippen LogP contribution is 2.08. The average molecular weight is 354 g/mol. The zero-order chi connectivity index (χ0) is 18.2. The topological polar surface area (TPSA) is 66.5 Å². The van der Waals surface area contributed by atoms with Gasteiger partial charge >= 0.3 is 0 Å². The fourth-order valence-electron chi connectivity index (χ4n) is 2.94. The Hall–Kier alpha value is -2.44. The van der Waals surface area contributed by atoms with Crippen molar-refractivity contribution in [2.75, 3.05) is 44.7 Å². The summed E-state index contributed by atoms with van der Waals surface area (Å²) in [7, 11) is 0. The number of benzene rings is 1. The molecule has 0 bridgehead atoms. The predicted octanol–water partition coefficient (Wildman–Crippen LogP) is 2.06. The van der Waals surface area contributed by atoms with Gasteiger partial charge in [-0.15, -0.1) is 0 Å². The van der Waals surface area contributed by atoms with Crippen molar-refractivity contribution in [3.05, 3.63) is 59.3 Å². The summed E-state index contributed by atoms with van der Waals surface area (Å²) in [4.78, 5) is 19.0. The van der Waals surface area contributed by atoms with E-state index in [0.29, 0.717) is 12.1 Å². The second-order valence-electron chi connectivity index (χ2n) is 6.48. The molecule has 6 heteroatoms. The lowest BCUT2D eigenvalue weighted by Crippen LogP contribution is -2.39. The standard InChI is InChI=1S/C20H26N4O2/c1-16-3-2-4-17(13-16)15-23-20(25)18-5-6-21-19(14-18)22-7-8-24-9-11-26-12-10-24/h2-6,13-14H,7-12,15H2,1H3,(H,21,22)(H,23,25). The molecule has 1 aliphatic heterocycles. The molecular formula is C20H26N4O2. The molecule has 0 radical (unpaired) electrons. The van der Waals surface area contributed by atoms with Gasteiger partial charge in [0.1, 0.15) is 5.82 Å². The van der Waals surface area contributed by atoms with Gasteiger partial charge in [0.25, 0.3) is 5.91 Å². The summed E-state index contributed by atoms with van der Waals surface area (Å²) in [5.74, 6) is 0.631. The molecule has 0 spiro atoms. The lowest BCUT2D eigenvalue weighted by Gasteiger charge is -2.26. The van der Waals surface area contributed by atoms with E-state index in [0.717, 1.165) is 50.8 Å². The number of aryl methyl sites for hydroxylation is 1. The summed E-state index contributed by atoms with van der Waals surface area (Å²) in [5, 5.41) is 6.26. The Morgan fingerprint density at radius 2 is 2.08 bits per heavy atom. The fraction of sp³-hybridized carbons (Fsp3) is 0.400. The van der Waals surface area contributed by atoms with Crippen molar-refractivity contribution in [2.45, 2.75) is 13.5 Å². The molecular weight excluding hydrogens is 328 g/mol. The second-order valence-corrected chi connectivity index (χ2v) is 6.48. The number of hydrogen-bond donors (Lipinski definition) is 2. The van der Waals surface area contributed by atoms with Crippen LogP contribution >= 0.6 is 0 Å². The SMILES string of the molecule is Cc1cccc(CNC(=O)c2ccnc(NCCN3CCOCC3)c2)c1. The van der Waals surface area contributed by atoms with Gasteiger partial charge < -0.3 is 15.4 Å². The van der Waals surface area contributed by atoms with Gasteiger partial charge in [0.15, 0.2) is 0 Å². The molecule has 2 heterocycles. The van der Waals surface area contributed by atoms with E-state index in [-0.39, 0.29) is 5.91 Å². The van der Waals surface area contributed by atoms with Gasteiger partial charge in [0.05, 0.1) is 13.2 Å². The van der Waals surface area contributed by atoms with Crippen molar-refractivity contribution in [3.63, 3.8) is 0 Å². The van der Waals surface area contributed by atoms with Gasteiger partial charge in [-0.05, 0) is 24.6 Å². The van der Waals surface area contributed by atoms with E-state index in [1.165, 1.54) is 5.56 Å². The van der Waals surface area contributed by atoms with Crippen molar-refractivity contribution in [3.8, 4) is 0 Å². The third-order valence-corrected chi connectivity index (χ3v) is 4.40. The van der Waals surface area contributed by atoms with Crippen LogP contribution in [0.4, 0.5) is 5.82 Å². The molecule has 26 heavy (non-hydrogen) atoms. The third kappa shape index (κ3) is 5.54. The van der Waals surface area contributed by atoms with E-state index in [9.17, 15) is 4.79 Å². The number of carbonyl (C=O) groups is 1. The van der Waals surface area contributed by atoms with Crippen molar-refractivity contribution in [2.24, 2.45) is 0 Å². The summed E-state index contributed by atoms with van der Waals surface area (Å²) < 4.78 is 5.35. The lowest BCUT2D eigenvalue weighted by atomic mass is 10.1. The normalized spacial score (nSPS) is 14.8. The number of hydrogen-bond acceptors (Lipinski definition) is 5. The first-order valence-electron chi connectivity index (χ1n) is 9.04. The van der Waals surface area contributed by atoms with E-state index < -0.39 is 0 Å². The van der Waals surface area contributed by atoms with Gasteiger partial charge in [-0.3, -0.25) is 9.69 Å². The number of nitrogens with one attached hydrogen (secondary N) is 2. The molecule has 1 amide bonds. The second kappa shape index (κ2) is 9.31. The van der Waals surface area contributed by atoms with Crippen LogP contribution in [0.5, 0.6) is 0 Å². The zero-order valence-electron chi connectivity index (χ0n) is 15.2. The minimum Gasteiger partial charge on any atom is -0.379 e. The molecule has 6 nitrogen and oxygen atoms in total. The maximum absolute atomic E-state index is 12.4. The van der Waals surface area contributed by atoms with Crippen LogP contribution in [0.25, 0.3) is 0 Å². The number of nitrogens with zero attached hydrogens (tertiary/aromatic N) is 2. The average Bonchev–Trinajstić information content (AvgIpc) is 2.67. The Bertz CT molecular complexity index is 729. The molecule has 3 rings (SSSR count). The number of aromatic nitrogens is 1. The molecule has 0 atom stereocenters. The number of carbonyl (C=O) groups excluding carboxylic acids is 1. The number of amides is 1. The summed E-state index contributed by atoms with van der Waals surface area (Å²) >= 11 is 0. The van der Waals surface area contributed by atoms with Crippen molar-refractivity contribution in [1.29, 1.82) is 0 Å². The maximum Gasteiger partial charge on any atom is 0.251 e. The highest BCUT2D eigenvalue weighted by molar-refractivity contribution is 5.94. The predicted molar refractivity (Wildman–Crippen MR) is 102 cm³/mol. The highest BCUT2D eigenvalue weighted by Gasteiger charge is 2.10. The largest absolute Gasteiger partial charge is 0.379 e. The molecule has 1 saturated heterocycles. The summed E-state index contributed by atoms with van der Waals surface area (Å²) in [5.41, 5.74) is 2.89. The minimum atomic E-state index is -0.0925. The Morgan fingerprint density at radius 1 is 1.23 bits per heavy atom. The van der Waals surface area contributed by atoms with E-state index in [1.54, 1.807) is 18.3 Å². The van der Waals surface area contributed by atoms with Crippen LogP contribution in [0, 0.1) is 6.92 Å². The zero-order valence-corrected chi connectivity index (χ0v) is 15.2. The highest BCUT2D eigenvalue weighted by atomic mass is 16.5. The number of morpholine rings is 1. The van der Waals surface area contributed by atoms with Crippen molar-refractivity contribution < 1.29 is 9.53 Å². The summed E-state index contributed by atoms with van der Waals surface area (Å²) in [6.07, 6.45) is 1.67. The van der Waals surface area contributed by atoms with Crippen LogP contribution in [0.1, 0.15) is 21.5 Å². The molecule has 138 valence electrons. The Kier molecular flexibility index (Phi) is 6.57. The van der Waals surface area contributed by atoms with Crippen LogP contribution in [-0.2, 0) is 11.3 Å². The Morgan fingerprint density at radius 3 is 2.88 bits per heavy atom. The van der Waals surface area contributed by atoms with Gasteiger partial charge in [-0.1, -0.05) is 29.8 Å². The molecule has 2 N–H and O–H groups in total. The van der Waals surface area contributed by atoms with Crippen LogP contribution in [0.3, 0.4) is 0 Å². The molecule has 2 aromatic rings.